The maximum atomic E-state index is 13.2. The van der Waals surface area contributed by atoms with E-state index in [1.54, 1.807) is 0 Å². The Kier molecular flexibility index (Phi) is 5.05. The van der Waals surface area contributed by atoms with Gasteiger partial charge in [0, 0.05) is 24.0 Å². The number of fused-ring (bicyclic) bond motifs is 1. The highest BCUT2D eigenvalue weighted by atomic mass is 16.5. The molecule has 1 aliphatic rings. The van der Waals surface area contributed by atoms with Crippen LogP contribution in [0.2, 0.25) is 0 Å². The van der Waals surface area contributed by atoms with Crippen LogP contribution in [0.15, 0.2) is 54.6 Å². The zero-order valence-electron chi connectivity index (χ0n) is 15.6. The van der Waals surface area contributed by atoms with Crippen LogP contribution >= 0.6 is 0 Å². The van der Waals surface area contributed by atoms with Crippen molar-refractivity contribution in [3.8, 4) is 17.0 Å². The van der Waals surface area contributed by atoms with Crippen LogP contribution in [0.4, 0.5) is 0 Å². The first-order chi connectivity index (χ1) is 13.3. The lowest BCUT2D eigenvalue weighted by molar-refractivity contribution is 0.0726. The molecule has 0 unspecified atom stereocenters. The third-order valence-corrected chi connectivity index (χ3v) is 5.05. The molecule has 0 spiro atoms. The molecule has 0 aliphatic carbocycles. The van der Waals surface area contributed by atoms with Crippen molar-refractivity contribution in [3.05, 3.63) is 60.2 Å². The van der Waals surface area contributed by atoms with E-state index in [9.17, 15) is 4.79 Å². The van der Waals surface area contributed by atoms with E-state index in [0.717, 1.165) is 59.4 Å². The molecule has 1 aliphatic heterocycles. The Bertz CT molecular complexity index is 944. The zero-order chi connectivity index (χ0) is 18.6. The predicted octanol–water partition coefficient (Wildman–Crippen LogP) is 4.93. The predicted molar refractivity (Wildman–Crippen MR) is 108 cm³/mol. The molecule has 4 rings (SSSR count). The molecule has 0 atom stereocenters. The molecule has 0 bridgehead atoms. The number of nitrogens with zero attached hydrogens (tertiary/aromatic N) is 2. The number of carbonyl (C=O) groups excluding carboxylic acids is 1. The van der Waals surface area contributed by atoms with Gasteiger partial charge in [-0.1, -0.05) is 18.2 Å². The fraction of sp³-hybridized carbons (Fsp3) is 0.304. The molecule has 0 radical (unpaired) electrons. The SMILES string of the molecule is CCOc1ccc(-c2cc(C(=O)N3CCCCC3)c3ccccc3n2)cc1. The van der Waals surface area contributed by atoms with Crippen molar-refractivity contribution in [1.29, 1.82) is 0 Å². The molecular weight excluding hydrogens is 336 g/mol. The molecule has 1 fully saturated rings. The quantitative estimate of drug-likeness (QED) is 0.663. The van der Waals surface area contributed by atoms with Gasteiger partial charge < -0.3 is 9.64 Å². The molecule has 2 aromatic carbocycles. The van der Waals surface area contributed by atoms with Gasteiger partial charge in [-0.15, -0.1) is 0 Å². The number of pyridine rings is 1. The van der Waals surface area contributed by atoms with Crippen molar-refractivity contribution >= 4 is 16.8 Å². The summed E-state index contributed by atoms with van der Waals surface area (Å²) in [6, 6.07) is 17.7. The number of benzene rings is 2. The summed E-state index contributed by atoms with van der Waals surface area (Å²) >= 11 is 0. The van der Waals surface area contributed by atoms with E-state index < -0.39 is 0 Å². The van der Waals surface area contributed by atoms with Crippen molar-refractivity contribution in [2.75, 3.05) is 19.7 Å². The maximum Gasteiger partial charge on any atom is 0.254 e. The second-order valence-corrected chi connectivity index (χ2v) is 6.88. The third kappa shape index (κ3) is 3.65. The van der Waals surface area contributed by atoms with E-state index in [0.29, 0.717) is 6.61 Å². The lowest BCUT2D eigenvalue weighted by Gasteiger charge is -2.27. The molecule has 2 heterocycles. The number of hydrogen-bond donors (Lipinski definition) is 0. The van der Waals surface area contributed by atoms with E-state index in [-0.39, 0.29) is 5.91 Å². The minimum Gasteiger partial charge on any atom is -0.494 e. The highest BCUT2D eigenvalue weighted by Crippen LogP contribution is 2.28. The summed E-state index contributed by atoms with van der Waals surface area (Å²) < 4.78 is 5.53. The average molecular weight is 360 g/mol. The Hall–Kier alpha value is -2.88. The first kappa shape index (κ1) is 17.5. The minimum atomic E-state index is 0.112. The summed E-state index contributed by atoms with van der Waals surface area (Å²) in [4.78, 5) is 20.0. The van der Waals surface area contributed by atoms with E-state index in [1.807, 2.05) is 66.4 Å². The number of rotatable bonds is 4. The molecule has 1 aromatic heterocycles. The van der Waals surface area contributed by atoms with Gasteiger partial charge in [-0.2, -0.15) is 0 Å². The van der Waals surface area contributed by atoms with Crippen LogP contribution in [0.25, 0.3) is 22.2 Å². The normalized spacial score (nSPS) is 14.3. The van der Waals surface area contributed by atoms with Crippen LogP contribution in [0.3, 0.4) is 0 Å². The van der Waals surface area contributed by atoms with Crippen molar-refractivity contribution in [2.24, 2.45) is 0 Å². The van der Waals surface area contributed by atoms with Crippen molar-refractivity contribution < 1.29 is 9.53 Å². The number of hydrogen-bond acceptors (Lipinski definition) is 3. The lowest BCUT2D eigenvalue weighted by Crippen LogP contribution is -2.35. The molecule has 0 saturated carbocycles. The van der Waals surface area contributed by atoms with Crippen molar-refractivity contribution in [2.45, 2.75) is 26.2 Å². The van der Waals surface area contributed by atoms with E-state index in [4.69, 9.17) is 9.72 Å². The smallest absolute Gasteiger partial charge is 0.254 e. The third-order valence-electron chi connectivity index (χ3n) is 5.05. The number of aromatic nitrogens is 1. The molecule has 4 nitrogen and oxygen atoms in total. The summed E-state index contributed by atoms with van der Waals surface area (Å²) in [5, 5.41) is 0.919. The summed E-state index contributed by atoms with van der Waals surface area (Å²) in [5.41, 5.74) is 3.39. The second kappa shape index (κ2) is 7.78. The van der Waals surface area contributed by atoms with Crippen LogP contribution in [-0.2, 0) is 0 Å². The van der Waals surface area contributed by atoms with Crippen LogP contribution in [0.1, 0.15) is 36.5 Å². The molecule has 138 valence electrons. The highest BCUT2D eigenvalue weighted by Gasteiger charge is 2.21. The van der Waals surface area contributed by atoms with Gasteiger partial charge in [0.2, 0.25) is 0 Å². The molecule has 4 heteroatoms. The van der Waals surface area contributed by atoms with Gasteiger partial charge in [-0.3, -0.25) is 4.79 Å². The van der Waals surface area contributed by atoms with Gasteiger partial charge in [0.25, 0.3) is 5.91 Å². The van der Waals surface area contributed by atoms with Gasteiger partial charge in [0.1, 0.15) is 5.75 Å². The lowest BCUT2D eigenvalue weighted by atomic mass is 10.0. The van der Waals surface area contributed by atoms with Gasteiger partial charge in [-0.25, -0.2) is 4.98 Å². The van der Waals surface area contributed by atoms with Crippen LogP contribution in [-0.4, -0.2) is 35.5 Å². The van der Waals surface area contributed by atoms with Crippen molar-refractivity contribution in [1.82, 2.24) is 9.88 Å². The maximum absolute atomic E-state index is 13.2. The van der Waals surface area contributed by atoms with Gasteiger partial charge in [0.15, 0.2) is 0 Å². The topological polar surface area (TPSA) is 42.4 Å². The number of para-hydroxylation sites is 1. The number of carbonyl (C=O) groups is 1. The number of ether oxygens (including phenoxy) is 1. The number of likely N-dealkylation sites (tertiary alicyclic amines) is 1. The van der Waals surface area contributed by atoms with Gasteiger partial charge >= 0.3 is 0 Å². The van der Waals surface area contributed by atoms with Crippen LogP contribution < -0.4 is 4.74 Å². The summed E-state index contributed by atoms with van der Waals surface area (Å²) in [6.45, 7) is 4.29. The fourth-order valence-corrected chi connectivity index (χ4v) is 3.66. The van der Waals surface area contributed by atoms with Crippen LogP contribution in [0, 0.1) is 0 Å². The first-order valence-electron chi connectivity index (χ1n) is 9.68. The fourth-order valence-electron chi connectivity index (χ4n) is 3.66. The minimum absolute atomic E-state index is 0.112. The second-order valence-electron chi connectivity index (χ2n) is 6.88. The zero-order valence-corrected chi connectivity index (χ0v) is 15.6. The standard InChI is InChI=1S/C23H24N2O2/c1-2-27-18-12-10-17(11-13-18)22-16-20(19-8-4-5-9-21(19)24-22)23(26)25-14-6-3-7-15-25/h4-5,8-13,16H,2-3,6-7,14-15H2,1H3. The average Bonchev–Trinajstić information content (AvgIpc) is 2.74. The van der Waals surface area contributed by atoms with E-state index in [1.165, 1.54) is 6.42 Å². The Morgan fingerprint density at radius 1 is 1.04 bits per heavy atom. The Balaban J connectivity index is 1.77. The monoisotopic (exact) mass is 360 g/mol. The Morgan fingerprint density at radius 3 is 2.52 bits per heavy atom. The number of amides is 1. The molecule has 1 saturated heterocycles. The first-order valence-corrected chi connectivity index (χ1v) is 9.68. The Morgan fingerprint density at radius 2 is 1.78 bits per heavy atom. The summed E-state index contributed by atoms with van der Waals surface area (Å²) in [7, 11) is 0. The molecule has 1 amide bonds. The van der Waals surface area contributed by atoms with Gasteiger partial charge in [0.05, 0.1) is 23.4 Å². The molecular formula is C23H24N2O2. The van der Waals surface area contributed by atoms with E-state index >= 15 is 0 Å². The highest BCUT2D eigenvalue weighted by molar-refractivity contribution is 6.07. The summed E-state index contributed by atoms with van der Waals surface area (Å²) in [5.74, 6) is 0.951. The summed E-state index contributed by atoms with van der Waals surface area (Å²) in [6.07, 6.45) is 3.37. The molecule has 27 heavy (non-hydrogen) atoms. The molecule has 3 aromatic rings. The largest absolute Gasteiger partial charge is 0.494 e. The molecule has 0 N–H and O–H groups in total. The van der Waals surface area contributed by atoms with Crippen molar-refractivity contribution in [3.63, 3.8) is 0 Å². The van der Waals surface area contributed by atoms with E-state index in [2.05, 4.69) is 0 Å². The van der Waals surface area contributed by atoms with Gasteiger partial charge in [-0.05, 0) is 62.6 Å². The number of piperidine rings is 1. The Labute approximate surface area is 159 Å². The van der Waals surface area contributed by atoms with Crippen LogP contribution in [0.5, 0.6) is 5.75 Å².